The number of benzene rings is 2. The summed E-state index contributed by atoms with van der Waals surface area (Å²) < 4.78 is 10.4. The van der Waals surface area contributed by atoms with E-state index in [1.165, 1.54) is 26.0 Å². The third-order valence-corrected chi connectivity index (χ3v) is 3.93. The van der Waals surface area contributed by atoms with Crippen molar-refractivity contribution in [2.45, 2.75) is 6.92 Å². The van der Waals surface area contributed by atoms with Gasteiger partial charge in [0.25, 0.3) is 5.91 Å². The van der Waals surface area contributed by atoms with Crippen LogP contribution in [-0.2, 0) is 4.79 Å². The van der Waals surface area contributed by atoms with Crippen LogP contribution < -0.4 is 19.7 Å². The highest BCUT2D eigenvalue weighted by Gasteiger charge is 2.14. The first-order chi connectivity index (χ1) is 13.0. The molecule has 0 saturated heterocycles. The molecule has 1 N–H and O–H groups in total. The number of hydrogen-bond donors (Lipinski definition) is 1. The first-order valence-corrected chi connectivity index (χ1v) is 8.28. The fourth-order valence-electron chi connectivity index (χ4n) is 2.57. The van der Waals surface area contributed by atoms with Gasteiger partial charge in [0.1, 0.15) is 0 Å². The Bertz CT molecular complexity index is 874. The van der Waals surface area contributed by atoms with Crippen molar-refractivity contribution in [3.8, 4) is 17.6 Å². The second-order valence-electron chi connectivity index (χ2n) is 5.66. The zero-order valence-corrected chi connectivity index (χ0v) is 15.5. The Morgan fingerprint density at radius 3 is 2.48 bits per heavy atom. The third-order valence-electron chi connectivity index (χ3n) is 3.93. The molecule has 2 amide bonds. The summed E-state index contributed by atoms with van der Waals surface area (Å²) in [6.45, 7) is 1.97. The zero-order chi connectivity index (χ0) is 19.8. The van der Waals surface area contributed by atoms with E-state index in [4.69, 9.17) is 14.7 Å². The van der Waals surface area contributed by atoms with Gasteiger partial charge in [0.05, 0.1) is 25.9 Å². The number of nitriles is 1. The van der Waals surface area contributed by atoms with Gasteiger partial charge < -0.3 is 19.7 Å². The molecule has 0 aliphatic carbocycles. The third kappa shape index (κ3) is 4.98. The molecule has 7 heteroatoms. The van der Waals surface area contributed by atoms with Crippen molar-refractivity contribution in [2.24, 2.45) is 0 Å². The van der Waals surface area contributed by atoms with Crippen molar-refractivity contribution in [3.63, 3.8) is 0 Å². The van der Waals surface area contributed by atoms with Gasteiger partial charge in [-0.3, -0.25) is 9.59 Å². The average Bonchev–Trinajstić information content (AvgIpc) is 2.70. The molecule has 0 heterocycles. The van der Waals surface area contributed by atoms with Gasteiger partial charge in [-0.15, -0.1) is 0 Å². The molecule has 0 unspecified atom stereocenters. The topological polar surface area (TPSA) is 91.7 Å². The van der Waals surface area contributed by atoms with Crippen molar-refractivity contribution >= 4 is 17.5 Å². The molecule has 27 heavy (non-hydrogen) atoms. The summed E-state index contributed by atoms with van der Waals surface area (Å²) in [6, 6.07) is 13.7. The molecule has 2 aromatic rings. The van der Waals surface area contributed by atoms with Crippen molar-refractivity contribution < 1.29 is 19.1 Å². The highest BCUT2D eigenvalue weighted by atomic mass is 16.5. The van der Waals surface area contributed by atoms with E-state index in [2.05, 4.69) is 5.32 Å². The average molecular weight is 367 g/mol. The maximum atomic E-state index is 12.3. The molecule has 7 nitrogen and oxygen atoms in total. The maximum Gasteiger partial charge on any atom is 0.251 e. The van der Waals surface area contributed by atoms with Crippen LogP contribution in [0.25, 0.3) is 0 Å². The lowest BCUT2D eigenvalue weighted by Crippen LogP contribution is -2.37. The standard InChI is InChI=1S/C20H21N3O4/c1-14(24)23(17-6-4-5-15(11-17)13-21)10-9-22-20(25)16-7-8-18(26-2)19(12-16)27-3/h4-8,11-12H,9-10H2,1-3H3,(H,22,25). The van der Waals surface area contributed by atoms with Gasteiger partial charge in [0.15, 0.2) is 11.5 Å². The van der Waals surface area contributed by atoms with E-state index in [0.29, 0.717) is 28.3 Å². The Balaban J connectivity index is 2.03. The summed E-state index contributed by atoms with van der Waals surface area (Å²) in [4.78, 5) is 25.8. The van der Waals surface area contributed by atoms with Crippen LogP contribution >= 0.6 is 0 Å². The number of nitrogens with one attached hydrogen (secondary N) is 1. The smallest absolute Gasteiger partial charge is 0.251 e. The Morgan fingerprint density at radius 1 is 1.11 bits per heavy atom. The summed E-state index contributed by atoms with van der Waals surface area (Å²) in [5, 5.41) is 11.8. The quantitative estimate of drug-likeness (QED) is 0.811. The molecule has 140 valence electrons. The number of carbonyl (C=O) groups excluding carboxylic acids is 2. The lowest BCUT2D eigenvalue weighted by atomic mass is 10.2. The minimum Gasteiger partial charge on any atom is -0.493 e. The Kier molecular flexibility index (Phi) is 6.78. The van der Waals surface area contributed by atoms with Gasteiger partial charge in [-0.1, -0.05) is 6.07 Å². The molecule has 0 bridgehead atoms. The summed E-state index contributed by atoms with van der Waals surface area (Å²) in [5.74, 6) is 0.536. The molecule has 0 saturated carbocycles. The number of nitrogens with zero attached hydrogens (tertiary/aromatic N) is 2. The van der Waals surface area contributed by atoms with Gasteiger partial charge in [-0.2, -0.15) is 5.26 Å². The van der Waals surface area contributed by atoms with E-state index in [-0.39, 0.29) is 24.9 Å². The predicted molar refractivity (Wildman–Crippen MR) is 101 cm³/mol. The number of amides is 2. The lowest BCUT2D eigenvalue weighted by Gasteiger charge is -2.21. The summed E-state index contributed by atoms with van der Waals surface area (Å²) in [7, 11) is 3.02. The molecule has 0 atom stereocenters. The summed E-state index contributed by atoms with van der Waals surface area (Å²) in [6.07, 6.45) is 0. The highest BCUT2D eigenvalue weighted by molar-refractivity contribution is 5.95. The van der Waals surface area contributed by atoms with E-state index >= 15 is 0 Å². The van der Waals surface area contributed by atoms with E-state index < -0.39 is 0 Å². The number of carbonyl (C=O) groups is 2. The van der Waals surface area contributed by atoms with Crippen molar-refractivity contribution in [2.75, 3.05) is 32.2 Å². The monoisotopic (exact) mass is 367 g/mol. The number of methoxy groups -OCH3 is 2. The molecule has 0 fully saturated rings. The molecular weight excluding hydrogens is 346 g/mol. The minimum atomic E-state index is -0.287. The van der Waals surface area contributed by atoms with Crippen LogP contribution in [0, 0.1) is 11.3 Å². The fourth-order valence-corrected chi connectivity index (χ4v) is 2.57. The van der Waals surface area contributed by atoms with Gasteiger partial charge in [-0.25, -0.2) is 0 Å². The normalized spacial score (nSPS) is 9.85. The summed E-state index contributed by atoms with van der Waals surface area (Å²) >= 11 is 0. The van der Waals surface area contributed by atoms with Crippen LogP contribution in [0.3, 0.4) is 0 Å². The van der Waals surface area contributed by atoms with Crippen molar-refractivity contribution in [3.05, 3.63) is 53.6 Å². The largest absolute Gasteiger partial charge is 0.493 e. The van der Waals surface area contributed by atoms with E-state index in [9.17, 15) is 9.59 Å². The zero-order valence-electron chi connectivity index (χ0n) is 15.5. The molecule has 2 aromatic carbocycles. The molecule has 0 radical (unpaired) electrons. The van der Waals surface area contributed by atoms with Crippen LogP contribution in [0.4, 0.5) is 5.69 Å². The summed E-state index contributed by atoms with van der Waals surface area (Å²) in [5.41, 5.74) is 1.50. The molecule has 0 aliphatic rings. The van der Waals surface area contributed by atoms with Gasteiger partial charge in [0, 0.05) is 31.3 Å². The first-order valence-electron chi connectivity index (χ1n) is 8.28. The lowest BCUT2D eigenvalue weighted by molar-refractivity contribution is -0.116. The maximum absolute atomic E-state index is 12.3. The predicted octanol–water partition coefficient (Wildman–Crippen LogP) is 2.36. The molecule has 0 aromatic heterocycles. The Hall–Kier alpha value is -3.53. The Labute approximate surface area is 158 Å². The number of rotatable bonds is 7. The van der Waals surface area contributed by atoms with E-state index in [1.807, 2.05) is 6.07 Å². The van der Waals surface area contributed by atoms with E-state index in [0.717, 1.165) is 0 Å². The van der Waals surface area contributed by atoms with Crippen molar-refractivity contribution in [1.82, 2.24) is 5.32 Å². The molecule has 0 aliphatic heterocycles. The van der Waals surface area contributed by atoms with Crippen LogP contribution in [0.2, 0.25) is 0 Å². The highest BCUT2D eigenvalue weighted by Crippen LogP contribution is 2.27. The molecular formula is C20H21N3O4. The number of ether oxygens (including phenoxy) is 2. The molecule has 0 spiro atoms. The van der Waals surface area contributed by atoms with Crippen LogP contribution in [0.15, 0.2) is 42.5 Å². The first kappa shape index (κ1) is 19.8. The Morgan fingerprint density at radius 2 is 1.85 bits per heavy atom. The number of anilines is 1. The molecule has 2 rings (SSSR count). The minimum absolute atomic E-state index is 0.176. The van der Waals surface area contributed by atoms with Crippen LogP contribution in [0.1, 0.15) is 22.8 Å². The fraction of sp³-hybridized carbons (Fsp3) is 0.250. The van der Waals surface area contributed by atoms with Crippen molar-refractivity contribution in [1.29, 1.82) is 5.26 Å². The second-order valence-corrected chi connectivity index (χ2v) is 5.66. The van der Waals surface area contributed by atoms with E-state index in [1.54, 1.807) is 42.5 Å². The van der Waals surface area contributed by atoms with Gasteiger partial charge in [0.2, 0.25) is 5.91 Å². The van der Waals surface area contributed by atoms with Crippen LogP contribution in [0.5, 0.6) is 11.5 Å². The van der Waals surface area contributed by atoms with Gasteiger partial charge >= 0.3 is 0 Å². The number of hydrogen-bond acceptors (Lipinski definition) is 5. The van der Waals surface area contributed by atoms with Crippen LogP contribution in [-0.4, -0.2) is 39.1 Å². The SMILES string of the molecule is COc1ccc(C(=O)NCCN(C(C)=O)c2cccc(C#N)c2)cc1OC. The van der Waals surface area contributed by atoms with Gasteiger partial charge in [-0.05, 0) is 36.4 Å². The second kappa shape index (κ2) is 9.25.